The summed E-state index contributed by atoms with van der Waals surface area (Å²) in [5.41, 5.74) is 2.19. The highest BCUT2D eigenvalue weighted by Gasteiger charge is 2.36. The van der Waals surface area contributed by atoms with Crippen molar-refractivity contribution in [2.75, 3.05) is 33.3 Å². The average molecular weight is 338 g/mol. The molecule has 126 valence electrons. The van der Waals surface area contributed by atoms with Crippen LogP contribution in [-0.2, 0) is 11.3 Å². The summed E-state index contributed by atoms with van der Waals surface area (Å²) in [7, 11) is 2.11. The minimum absolute atomic E-state index is 0.0122. The maximum Gasteiger partial charge on any atom is 0.317 e. The Hall–Kier alpha value is -1.30. The summed E-state index contributed by atoms with van der Waals surface area (Å²) in [6.07, 6.45) is 1.16. The Morgan fingerprint density at radius 1 is 1.43 bits per heavy atom. The highest BCUT2D eigenvalue weighted by atomic mass is 35.5. The number of amides is 2. The SMILES string of the molecule is Cc1ccc(Cl)cc1CNC(=O)N1CC[C@@H]2OCCN(C)[C@H]2C1. The van der Waals surface area contributed by atoms with Gasteiger partial charge in [0.05, 0.1) is 18.8 Å². The van der Waals surface area contributed by atoms with Crippen LogP contribution < -0.4 is 5.32 Å². The molecule has 2 amide bonds. The second-order valence-electron chi connectivity index (χ2n) is 6.42. The summed E-state index contributed by atoms with van der Waals surface area (Å²) in [5.74, 6) is 0. The van der Waals surface area contributed by atoms with Crippen molar-refractivity contribution in [1.29, 1.82) is 0 Å². The zero-order valence-corrected chi connectivity index (χ0v) is 14.5. The number of halogens is 1. The first-order valence-electron chi connectivity index (χ1n) is 8.14. The molecule has 2 aliphatic rings. The smallest absolute Gasteiger partial charge is 0.317 e. The summed E-state index contributed by atoms with van der Waals surface area (Å²) < 4.78 is 5.82. The Kier molecular flexibility index (Phi) is 5.09. The zero-order valence-electron chi connectivity index (χ0n) is 13.7. The third-order valence-electron chi connectivity index (χ3n) is 4.89. The van der Waals surface area contributed by atoms with Crippen LogP contribution in [-0.4, -0.2) is 61.3 Å². The molecule has 2 atom stereocenters. The predicted octanol–water partition coefficient (Wildman–Crippen LogP) is 2.26. The Morgan fingerprint density at radius 3 is 3.09 bits per heavy atom. The zero-order chi connectivity index (χ0) is 16.4. The number of nitrogens with zero attached hydrogens (tertiary/aromatic N) is 2. The van der Waals surface area contributed by atoms with Crippen LogP contribution in [0.3, 0.4) is 0 Å². The summed E-state index contributed by atoms with van der Waals surface area (Å²) in [6.45, 7) is 5.72. The van der Waals surface area contributed by atoms with Crippen LogP contribution in [0.4, 0.5) is 4.79 Å². The summed E-state index contributed by atoms with van der Waals surface area (Å²) in [6, 6.07) is 6.04. The minimum Gasteiger partial charge on any atom is -0.375 e. The van der Waals surface area contributed by atoms with E-state index in [1.165, 1.54) is 0 Å². The Morgan fingerprint density at radius 2 is 2.26 bits per heavy atom. The number of nitrogens with one attached hydrogen (secondary N) is 1. The Bertz CT molecular complexity index is 581. The van der Waals surface area contributed by atoms with Gasteiger partial charge in [-0.15, -0.1) is 0 Å². The lowest BCUT2D eigenvalue weighted by Crippen LogP contribution is -2.60. The van der Waals surface area contributed by atoms with Gasteiger partial charge in [-0.2, -0.15) is 0 Å². The standard InChI is InChI=1S/C17H24ClN3O2/c1-12-3-4-14(18)9-13(12)10-19-17(22)21-6-5-16-15(11-21)20(2)7-8-23-16/h3-4,9,15-16H,5-8,10-11H2,1-2H3,(H,19,22)/t15-,16-/m0/s1. The average Bonchev–Trinajstić information content (AvgIpc) is 2.55. The number of aryl methyl sites for hydroxylation is 1. The maximum atomic E-state index is 12.5. The van der Waals surface area contributed by atoms with Crippen molar-refractivity contribution < 1.29 is 9.53 Å². The van der Waals surface area contributed by atoms with Crippen LogP contribution in [0.15, 0.2) is 18.2 Å². The lowest BCUT2D eigenvalue weighted by molar-refractivity contribution is -0.0881. The van der Waals surface area contributed by atoms with E-state index in [0.29, 0.717) is 17.6 Å². The molecule has 0 aromatic heterocycles. The van der Waals surface area contributed by atoms with Crippen molar-refractivity contribution in [3.05, 3.63) is 34.3 Å². The number of morpholine rings is 1. The maximum absolute atomic E-state index is 12.5. The third-order valence-corrected chi connectivity index (χ3v) is 5.13. The van der Waals surface area contributed by atoms with Crippen molar-refractivity contribution in [2.45, 2.75) is 32.0 Å². The quantitative estimate of drug-likeness (QED) is 0.900. The number of carbonyl (C=O) groups is 1. The van der Waals surface area contributed by atoms with Gasteiger partial charge in [0.25, 0.3) is 0 Å². The van der Waals surface area contributed by atoms with Gasteiger partial charge in [0.15, 0.2) is 0 Å². The van der Waals surface area contributed by atoms with E-state index in [0.717, 1.165) is 43.8 Å². The van der Waals surface area contributed by atoms with Gasteiger partial charge in [-0.3, -0.25) is 4.90 Å². The van der Waals surface area contributed by atoms with Crippen LogP contribution in [0.25, 0.3) is 0 Å². The van der Waals surface area contributed by atoms with Crippen LogP contribution in [0.5, 0.6) is 0 Å². The molecular formula is C17H24ClN3O2. The number of hydrogen-bond donors (Lipinski definition) is 1. The second kappa shape index (κ2) is 7.07. The number of likely N-dealkylation sites (N-methyl/N-ethyl adjacent to an activating group) is 1. The molecule has 1 aromatic rings. The lowest BCUT2D eigenvalue weighted by atomic mass is 9.99. The van der Waals surface area contributed by atoms with Crippen molar-refractivity contribution >= 4 is 17.6 Å². The molecule has 2 aliphatic heterocycles. The molecule has 3 rings (SSSR count). The van der Waals surface area contributed by atoms with E-state index in [4.69, 9.17) is 16.3 Å². The minimum atomic E-state index is -0.0122. The number of fused-ring (bicyclic) bond motifs is 1. The fourth-order valence-corrected chi connectivity index (χ4v) is 3.53. The number of likely N-dealkylation sites (tertiary alicyclic amines) is 1. The van der Waals surface area contributed by atoms with Gasteiger partial charge in [0.2, 0.25) is 0 Å². The van der Waals surface area contributed by atoms with Gasteiger partial charge in [0, 0.05) is 31.2 Å². The first-order chi connectivity index (χ1) is 11.0. The molecule has 2 saturated heterocycles. The normalized spacial score (nSPS) is 25.1. The van der Waals surface area contributed by atoms with Gasteiger partial charge >= 0.3 is 6.03 Å². The van der Waals surface area contributed by atoms with Crippen molar-refractivity contribution in [3.63, 3.8) is 0 Å². The topological polar surface area (TPSA) is 44.8 Å². The van der Waals surface area contributed by atoms with Crippen molar-refractivity contribution in [1.82, 2.24) is 15.1 Å². The Balaban J connectivity index is 1.57. The van der Waals surface area contributed by atoms with Crippen LogP contribution in [0.2, 0.25) is 5.02 Å². The molecule has 0 bridgehead atoms. The van der Waals surface area contributed by atoms with Crippen molar-refractivity contribution in [3.8, 4) is 0 Å². The third kappa shape index (κ3) is 3.79. The van der Waals surface area contributed by atoms with Crippen molar-refractivity contribution in [2.24, 2.45) is 0 Å². The molecule has 23 heavy (non-hydrogen) atoms. The van der Waals surface area contributed by atoms with Gasteiger partial charge in [-0.05, 0) is 43.7 Å². The number of urea groups is 1. The first-order valence-corrected chi connectivity index (χ1v) is 8.52. The first kappa shape index (κ1) is 16.6. The number of rotatable bonds is 2. The molecule has 0 unspecified atom stereocenters. The molecule has 5 nitrogen and oxygen atoms in total. The molecule has 0 radical (unpaired) electrons. The van der Waals surface area contributed by atoms with E-state index in [9.17, 15) is 4.79 Å². The molecule has 0 spiro atoms. The summed E-state index contributed by atoms with van der Waals surface area (Å²) in [5, 5.41) is 3.71. The number of piperidine rings is 1. The van der Waals surface area contributed by atoms with Gasteiger partial charge < -0.3 is 15.0 Å². The number of hydrogen-bond acceptors (Lipinski definition) is 3. The molecule has 1 aromatic carbocycles. The number of benzene rings is 1. The van der Waals surface area contributed by atoms with Crippen LogP contribution in [0.1, 0.15) is 17.5 Å². The molecule has 0 aliphatic carbocycles. The van der Waals surface area contributed by atoms with E-state index < -0.39 is 0 Å². The summed E-state index contributed by atoms with van der Waals surface area (Å²) in [4.78, 5) is 16.7. The van der Waals surface area contributed by atoms with E-state index in [2.05, 4.69) is 17.3 Å². The van der Waals surface area contributed by atoms with E-state index in [-0.39, 0.29) is 12.1 Å². The molecule has 2 fully saturated rings. The second-order valence-corrected chi connectivity index (χ2v) is 6.86. The molecule has 0 saturated carbocycles. The highest BCUT2D eigenvalue weighted by molar-refractivity contribution is 6.30. The molecule has 2 heterocycles. The fraction of sp³-hybridized carbons (Fsp3) is 0.588. The Labute approximate surface area is 142 Å². The van der Waals surface area contributed by atoms with Crippen LogP contribution >= 0.6 is 11.6 Å². The largest absolute Gasteiger partial charge is 0.375 e. The predicted molar refractivity (Wildman–Crippen MR) is 90.8 cm³/mol. The number of carbonyl (C=O) groups excluding carboxylic acids is 1. The van der Waals surface area contributed by atoms with E-state index in [1.54, 1.807) is 0 Å². The molecule has 1 N–H and O–H groups in total. The van der Waals surface area contributed by atoms with Gasteiger partial charge in [-0.25, -0.2) is 4.79 Å². The van der Waals surface area contributed by atoms with E-state index >= 15 is 0 Å². The fourth-order valence-electron chi connectivity index (χ4n) is 3.34. The molecule has 6 heteroatoms. The highest BCUT2D eigenvalue weighted by Crippen LogP contribution is 2.22. The van der Waals surface area contributed by atoms with Crippen LogP contribution in [0, 0.1) is 6.92 Å². The number of ether oxygens (including phenoxy) is 1. The summed E-state index contributed by atoms with van der Waals surface area (Å²) >= 11 is 6.03. The monoisotopic (exact) mass is 337 g/mol. The van der Waals surface area contributed by atoms with Gasteiger partial charge in [0.1, 0.15) is 0 Å². The van der Waals surface area contributed by atoms with E-state index in [1.807, 2.05) is 30.0 Å². The lowest BCUT2D eigenvalue weighted by Gasteiger charge is -2.45. The molecular weight excluding hydrogens is 314 g/mol. The van der Waals surface area contributed by atoms with Gasteiger partial charge in [-0.1, -0.05) is 17.7 Å².